The van der Waals surface area contributed by atoms with E-state index in [0.29, 0.717) is 37.4 Å². The molecule has 1 aromatic carbocycles. The smallest absolute Gasteiger partial charge is 0.243 e. The van der Waals surface area contributed by atoms with Gasteiger partial charge in [-0.05, 0) is 48.1 Å². The van der Waals surface area contributed by atoms with Crippen molar-refractivity contribution in [1.29, 1.82) is 0 Å². The first kappa shape index (κ1) is 21.6. The normalized spacial score (nSPS) is 16.7. The third-order valence-electron chi connectivity index (χ3n) is 5.51. The Hall–Kier alpha value is -2.12. The van der Waals surface area contributed by atoms with Gasteiger partial charge in [-0.25, -0.2) is 8.42 Å². The summed E-state index contributed by atoms with van der Waals surface area (Å²) in [5.74, 6) is 0.609. The fourth-order valence-corrected chi connectivity index (χ4v) is 5.11. The van der Waals surface area contributed by atoms with Crippen LogP contribution in [-0.2, 0) is 26.8 Å². The Labute approximate surface area is 173 Å². The zero-order chi connectivity index (χ0) is 21.2. The summed E-state index contributed by atoms with van der Waals surface area (Å²) >= 11 is 0. The third kappa shape index (κ3) is 4.90. The summed E-state index contributed by atoms with van der Waals surface area (Å²) in [5, 5.41) is 0. The molecule has 29 heavy (non-hydrogen) atoms. The quantitative estimate of drug-likeness (QED) is 0.743. The van der Waals surface area contributed by atoms with Gasteiger partial charge in [0.05, 0.1) is 17.7 Å². The first-order valence-corrected chi connectivity index (χ1v) is 11.4. The second-order valence-corrected chi connectivity index (χ2v) is 10.7. The number of amides is 1. The molecule has 0 aliphatic carbocycles. The van der Waals surface area contributed by atoms with Gasteiger partial charge in [0, 0.05) is 26.1 Å². The average molecular weight is 419 g/mol. The summed E-state index contributed by atoms with van der Waals surface area (Å²) in [4.78, 5) is 14.7. The van der Waals surface area contributed by atoms with Gasteiger partial charge in [-0.3, -0.25) is 4.79 Å². The number of sulfonamides is 1. The highest BCUT2D eigenvalue weighted by Gasteiger charge is 2.33. The first-order chi connectivity index (χ1) is 13.6. The number of rotatable bonds is 5. The van der Waals surface area contributed by atoms with Crippen molar-refractivity contribution in [1.82, 2.24) is 9.21 Å². The Balaban J connectivity index is 1.61. The lowest BCUT2D eigenvalue weighted by Gasteiger charge is -2.32. The van der Waals surface area contributed by atoms with Crippen LogP contribution in [0.4, 0.5) is 0 Å². The zero-order valence-electron chi connectivity index (χ0n) is 17.6. The molecule has 2 aromatic rings. The fourth-order valence-electron chi connectivity index (χ4n) is 3.64. The van der Waals surface area contributed by atoms with E-state index in [1.807, 2.05) is 18.2 Å². The molecule has 2 heterocycles. The van der Waals surface area contributed by atoms with Gasteiger partial charge >= 0.3 is 0 Å². The molecule has 1 aliphatic heterocycles. The van der Waals surface area contributed by atoms with Crippen LogP contribution in [0.5, 0.6) is 0 Å². The molecule has 7 heteroatoms. The van der Waals surface area contributed by atoms with Crippen molar-refractivity contribution in [3.05, 3.63) is 54.0 Å². The molecule has 0 saturated carbocycles. The van der Waals surface area contributed by atoms with Crippen LogP contribution < -0.4 is 0 Å². The molecule has 1 fully saturated rings. The van der Waals surface area contributed by atoms with Crippen LogP contribution in [0.25, 0.3) is 0 Å². The monoisotopic (exact) mass is 418 g/mol. The lowest BCUT2D eigenvalue weighted by Crippen LogP contribution is -2.43. The van der Waals surface area contributed by atoms with E-state index < -0.39 is 10.0 Å². The first-order valence-electron chi connectivity index (χ1n) is 9.97. The van der Waals surface area contributed by atoms with Crippen LogP contribution in [-0.4, -0.2) is 43.7 Å². The van der Waals surface area contributed by atoms with Crippen molar-refractivity contribution in [2.24, 2.45) is 5.92 Å². The van der Waals surface area contributed by atoms with Gasteiger partial charge in [-0.2, -0.15) is 4.31 Å². The van der Waals surface area contributed by atoms with E-state index in [1.54, 1.807) is 36.4 Å². The largest absolute Gasteiger partial charge is 0.467 e. The SMILES string of the molecule is CN(Cc1ccco1)C(=O)C1CCN(S(=O)(=O)c2ccc(C(C)(C)C)cc2)CC1. The Morgan fingerprint density at radius 2 is 1.76 bits per heavy atom. The number of piperidine rings is 1. The molecule has 1 saturated heterocycles. The second-order valence-electron chi connectivity index (χ2n) is 8.73. The summed E-state index contributed by atoms with van der Waals surface area (Å²) in [6.45, 7) is 7.43. The molecule has 6 nitrogen and oxygen atoms in total. The maximum atomic E-state index is 13.0. The van der Waals surface area contributed by atoms with E-state index in [4.69, 9.17) is 4.42 Å². The van der Waals surface area contributed by atoms with E-state index in [9.17, 15) is 13.2 Å². The number of nitrogens with zero attached hydrogens (tertiary/aromatic N) is 2. The summed E-state index contributed by atoms with van der Waals surface area (Å²) < 4.78 is 32.8. The van der Waals surface area contributed by atoms with Gasteiger partial charge in [0.25, 0.3) is 0 Å². The molecule has 158 valence electrons. The van der Waals surface area contributed by atoms with Crippen molar-refractivity contribution >= 4 is 15.9 Å². The molecular formula is C22H30N2O4S. The Bertz CT molecular complexity index is 920. The van der Waals surface area contributed by atoms with E-state index in [2.05, 4.69) is 20.8 Å². The Morgan fingerprint density at radius 3 is 2.28 bits per heavy atom. The van der Waals surface area contributed by atoms with Gasteiger partial charge in [-0.1, -0.05) is 32.9 Å². The molecule has 1 aliphatic rings. The van der Waals surface area contributed by atoms with Crippen molar-refractivity contribution in [3.63, 3.8) is 0 Å². The second kappa shape index (κ2) is 8.32. The molecule has 0 spiro atoms. The van der Waals surface area contributed by atoms with Crippen molar-refractivity contribution in [2.45, 2.75) is 50.5 Å². The molecule has 0 unspecified atom stereocenters. The third-order valence-corrected chi connectivity index (χ3v) is 7.42. The Morgan fingerprint density at radius 1 is 1.14 bits per heavy atom. The topological polar surface area (TPSA) is 70.8 Å². The number of carbonyl (C=O) groups excluding carboxylic acids is 1. The number of benzene rings is 1. The zero-order valence-corrected chi connectivity index (χ0v) is 18.4. The highest BCUT2D eigenvalue weighted by atomic mass is 32.2. The summed E-state index contributed by atoms with van der Waals surface area (Å²) in [6, 6.07) is 10.8. The maximum Gasteiger partial charge on any atom is 0.243 e. The molecule has 0 N–H and O–H groups in total. The summed E-state index contributed by atoms with van der Waals surface area (Å²) in [5.41, 5.74) is 1.07. The molecule has 0 bridgehead atoms. The predicted octanol–water partition coefficient (Wildman–Crippen LogP) is 3.64. The van der Waals surface area contributed by atoms with Crippen molar-refractivity contribution < 1.29 is 17.6 Å². The average Bonchev–Trinajstić information content (AvgIpc) is 3.20. The van der Waals surface area contributed by atoms with Crippen LogP contribution in [0.3, 0.4) is 0 Å². The molecule has 1 aromatic heterocycles. The van der Waals surface area contributed by atoms with Gasteiger partial charge in [0.2, 0.25) is 15.9 Å². The molecule has 0 radical (unpaired) electrons. The van der Waals surface area contributed by atoms with Crippen LogP contribution in [0.15, 0.2) is 52.0 Å². The summed E-state index contributed by atoms with van der Waals surface area (Å²) in [6.07, 6.45) is 2.65. The highest BCUT2D eigenvalue weighted by molar-refractivity contribution is 7.89. The highest BCUT2D eigenvalue weighted by Crippen LogP contribution is 2.28. The lowest BCUT2D eigenvalue weighted by atomic mass is 9.87. The van der Waals surface area contributed by atoms with Crippen LogP contribution in [0, 0.1) is 5.92 Å². The van der Waals surface area contributed by atoms with Gasteiger partial charge in [0.1, 0.15) is 5.76 Å². The minimum Gasteiger partial charge on any atom is -0.467 e. The van der Waals surface area contributed by atoms with Crippen molar-refractivity contribution in [2.75, 3.05) is 20.1 Å². The van der Waals surface area contributed by atoms with E-state index >= 15 is 0 Å². The van der Waals surface area contributed by atoms with Gasteiger partial charge in [0.15, 0.2) is 0 Å². The lowest BCUT2D eigenvalue weighted by molar-refractivity contribution is -0.136. The number of hydrogen-bond donors (Lipinski definition) is 0. The standard InChI is InChI=1S/C22H30N2O4S/c1-22(2,3)18-7-9-20(10-8-18)29(26,27)24-13-11-17(12-14-24)21(25)23(4)16-19-6-5-15-28-19/h5-10,15,17H,11-14,16H2,1-4H3. The predicted molar refractivity (Wildman–Crippen MR) is 112 cm³/mol. The maximum absolute atomic E-state index is 13.0. The van der Waals surface area contributed by atoms with E-state index in [-0.39, 0.29) is 17.2 Å². The number of hydrogen-bond acceptors (Lipinski definition) is 4. The fraction of sp³-hybridized carbons (Fsp3) is 0.500. The summed E-state index contributed by atoms with van der Waals surface area (Å²) in [7, 11) is -1.79. The molecular weight excluding hydrogens is 388 g/mol. The van der Waals surface area contributed by atoms with Crippen LogP contribution in [0.2, 0.25) is 0 Å². The number of furan rings is 1. The van der Waals surface area contributed by atoms with E-state index in [0.717, 1.165) is 11.3 Å². The minimum atomic E-state index is -3.54. The number of carbonyl (C=O) groups is 1. The van der Waals surface area contributed by atoms with Crippen LogP contribution in [0.1, 0.15) is 44.9 Å². The van der Waals surface area contributed by atoms with Gasteiger partial charge in [-0.15, -0.1) is 0 Å². The Kier molecular flexibility index (Phi) is 6.19. The molecule has 1 amide bonds. The molecule has 0 atom stereocenters. The van der Waals surface area contributed by atoms with Gasteiger partial charge < -0.3 is 9.32 Å². The van der Waals surface area contributed by atoms with Crippen LogP contribution >= 0.6 is 0 Å². The minimum absolute atomic E-state index is 0.0251. The molecule has 3 rings (SSSR count). The van der Waals surface area contributed by atoms with E-state index in [1.165, 1.54) is 4.31 Å². The van der Waals surface area contributed by atoms with Crippen molar-refractivity contribution in [3.8, 4) is 0 Å².